The predicted molar refractivity (Wildman–Crippen MR) is 154 cm³/mol. The van der Waals surface area contributed by atoms with Gasteiger partial charge in [0.1, 0.15) is 27.1 Å². The Kier molecular flexibility index (Phi) is 7.24. The van der Waals surface area contributed by atoms with E-state index in [4.69, 9.17) is 20.2 Å². The Morgan fingerprint density at radius 2 is 1.88 bits per heavy atom. The van der Waals surface area contributed by atoms with E-state index in [0.29, 0.717) is 46.5 Å². The molecule has 5 rings (SSSR count). The number of pyridine rings is 3. The van der Waals surface area contributed by atoms with Crippen molar-refractivity contribution in [2.24, 2.45) is 11.7 Å². The summed E-state index contributed by atoms with van der Waals surface area (Å²) in [5, 5.41) is 4.31. The van der Waals surface area contributed by atoms with Crippen molar-refractivity contribution < 1.29 is 22.7 Å². The molecular formula is C29H37N5O5S. The first-order valence-electron chi connectivity index (χ1n) is 13.7. The summed E-state index contributed by atoms with van der Waals surface area (Å²) >= 11 is 0. The van der Waals surface area contributed by atoms with Crippen LogP contribution in [0.1, 0.15) is 87.5 Å². The van der Waals surface area contributed by atoms with Crippen molar-refractivity contribution >= 4 is 38.2 Å². The van der Waals surface area contributed by atoms with Gasteiger partial charge in [0.05, 0.1) is 28.0 Å². The molecule has 2 aliphatic rings. The molecule has 0 radical (unpaired) electrons. The summed E-state index contributed by atoms with van der Waals surface area (Å²) in [6, 6.07) is 5.20. The molecule has 1 aliphatic heterocycles. The van der Waals surface area contributed by atoms with E-state index in [0.717, 1.165) is 23.8 Å². The molecule has 11 heteroatoms. The van der Waals surface area contributed by atoms with Crippen LogP contribution in [-0.2, 0) is 14.6 Å². The number of carbonyl (C=O) groups excluding carboxylic acids is 1. The van der Waals surface area contributed by atoms with Crippen LogP contribution in [0.4, 0.5) is 11.6 Å². The lowest BCUT2D eigenvalue weighted by atomic mass is 9.84. The van der Waals surface area contributed by atoms with Gasteiger partial charge in [-0.3, -0.25) is 0 Å². The lowest BCUT2D eigenvalue weighted by Gasteiger charge is -2.36. The van der Waals surface area contributed by atoms with Crippen molar-refractivity contribution in [3.63, 3.8) is 0 Å². The van der Waals surface area contributed by atoms with Crippen LogP contribution in [0, 0.1) is 5.92 Å². The zero-order chi connectivity index (χ0) is 29.0. The first-order valence-corrected chi connectivity index (χ1v) is 15.6. The second-order valence-corrected chi connectivity index (χ2v) is 14.2. The maximum atomic E-state index is 12.5. The van der Waals surface area contributed by atoms with E-state index in [2.05, 4.69) is 15.3 Å². The number of cyclic esters (lactones) is 1. The molecule has 0 unspecified atom stereocenters. The number of ether oxygens (including phenoxy) is 2. The van der Waals surface area contributed by atoms with Crippen molar-refractivity contribution in [3.05, 3.63) is 47.4 Å². The summed E-state index contributed by atoms with van der Waals surface area (Å²) in [5.41, 5.74) is 8.01. The van der Waals surface area contributed by atoms with E-state index in [1.165, 1.54) is 6.26 Å². The molecule has 10 nitrogen and oxygen atoms in total. The second-order valence-electron chi connectivity index (χ2n) is 11.8. The third kappa shape index (κ3) is 5.62. The predicted octanol–water partition coefficient (Wildman–Crippen LogP) is 4.82. The third-order valence-electron chi connectivity index (χ3n) is 8.17. The number of aromatic nitrogens is 3. The quantitative estimate of drug-likeness (QED) is 0.345. The van der Waals surface area contributed by atoms with Crippen LogP contribution in [0.25, 0.3) is 10.8 Å². The average molecular weight is 568 g/mol. The fraction of sp³-hybridized carbons (Fsp3) is 0.517. The van der Waals surface area contributed by atoms with Gasteiger partial charge in [-0.05, 0) is 75.6 Å². The molecule has 4 heterocycles. The highest BCUT2D eigenvalue weighted by atomic mass is 32.2. The lowest BCUT2D eigenvalue weighted by Crippen LogP contribution is -2.39. The minimum atomic E-state index is -3.18. The summed E-state index contributed by atoms with van der Waals surface area (Å²) in [6.45, 7) is 9.27. The number of carbonyl (C=O) groups is 1. The van der Waals surface area contributed by atoms with Gasteiger partial charge >= 0.3 is 5.97 Å². The Balaban J connectivity index is 1.48. The number of hydrogen-bond donors (Lipinski definition) is 2. The summed E-state index contributed by atoms with van der Waals surface area (Å²) in [4.78, 5) is 26.4. The average Bonchev–Trinajstić information content (AvgIpc) is 3.72. The van der Waals surface area contributed by atoms with Gasteiger partial charge in [-0.25, -0.2) is 28.2 Å². The van der Waals surface area contributed by atoms with Crippen molar-refractivity contribution in [2.75, 3.05) is 11.6 Å². The Hall–Kier alpha value is -3.31. The molecule has 0 aromatic carbocycles. The number of fused-ring (bicyclic) bond motifs is 2. The number of nitrogens with one attached hydrogen (secondary N) is 1. The standard InChI is InChI=1S/C29H37N5O5S/c1-15(11-16(2)40(6,36)37)38-27-22-14-31-24(12-20(22)21(13-32-27)25(30)18-7-8-18)33-23-10-9-19-26(34-23)17(3)29(4,5)39-28(19)35/h9-10,12-18,25H,7-8,11,30H2,1-6H3,(H,31,33,34)/t15-,16-,17-,25+/m1/s1. The zero-order valence-corrected chi connectivity index (χ0v) is 24.6. The van der Waals surface area contributed by atoms with Crippen LogP contribution in [0.2, 0.25) is 0 Å². The number of esters is 1. The summed E-state index contributed by atoms with van der Waals surface area (Å²) in [7, 11) is -3.18. The minimum absolute atomic E-state index is 0.0900. The first-order chi connectivity index (χ1) is 18.7. The van der Waals surface area contributed by atoms with E-state index < -0.39 is 20.7 Å². The van der Waals surface area contributed by atoms with Gasteiger partial charge in [-0.1, -0.05) is 6.92 Å². The van der Waals surface area contributed by atoms with Crippen molar-refractivity contribution in [3.8, 4) is 5.88 Å². The van der Waals surface area contributed by atoms with E-state index in [1.54, 1.807) is 31.5 Å². The smallest absolute Gasteiger partial charge is 0.340 e. The summed E-state index contributed by atoms with van der Waals surface area (Å²) in [5.74, 6) is 1.45. The molecule has 3 aromatic rings. The molecule has 0 spiro atoms. The van der Waals surface area contributed by atoms with Gasteiger partial charge in [-0.2, -0.15) is 0 Å². The van der Waals surface area contributed by atoms with Crippen LogP contribution in [0.5, 0.6) is 5.88 Å². The Labute approximate surface area is 235 Å². The normalized spacial score (nSPS) is 20.8. The molecule has 3 aromatic heterocycles. The number of nitrogens with zero attached hydrogens (tertiary/aromatic N) is 3. The van der Waals surface area contributed by atoms with Crippen LogP contribution in [0.3, 0.4) is 0 Å². The van der Waals surface area contributed by atoms with Crippen LogP contribution in [-0.4, -0.2) is 52.5 Å². The molecule has 0 bridgehead atoms. The Morgan fingerprint density at radius 3 is 2.55 bits per heavy atom. The number of sulfone groups is 1. The molecule has 0 saturated heterocycles. The van der Waals surface area contributed by atoms with E-state index in [9.17, 15) is 13.2 Å². The van der Waals surface area contributed by atoms with Crippen LogP contribution < -0.4 is 15.8 Å². The zero-order valence-electron chi connectivity index (χ0n) is 23.8. The minimum Gasteiger partial charge on any atom is -0.474 e. The number of hydrogen-bond acceptors (Lipinski definition) is 10. The first kappa shape index (κ1) is 28.2. The van der Waals surface area contributed by atoms with Gasteiger partial charge < -0.3 is 20.5 Å². The Bertz CT molecular complexity index is 1570. The fourth-order valence-corrected chi connectivity index (χ4v) is 5.66. The highest BCUT2D eigenvalue weighted by Crippen LogP contribution is 2.43. The molecule has 1 aliphatic carbocycles. The summed E-state index contributed by atoms with van der Waals surface area (Å²) < 4.78 is 35.6. The molecule has 0 amide bonds. The fourth-order valence-electron chi connectivity index (χ4n) is 5.04. The van der Waals surface area contributed by atoms with Crippen LogP contribution in [0.15, 0.2) is 30.6 Å². The Morgan fingerprint density at radius 1 is 1.15 bits per heavy atom. The van der Waals surface area contributed by atoms with Gasteiger partial charge in [-0.15, -0.1) is 0 Å². The van der Waals surface area contributed by atoms with E-state index in [1.807, 2.05) is 33.8 Å². The second kappa shape index (κ2) is 10.3. The molecule has 1 saturated carbocycles. The lowest BCUT2D eigenvalue weighted by molar-refractivity contribution is -0.0189. The van der Waals surface area contributed by atoms with Crippen LogP contribution >= 0.6 is 0 Å². The van der Waals surface area contributed by atoms with Crippen molar-refractivity contribution in [2.45, 2.75) is 82.8 Å². The highest BCUT2D eigenvalue weighted by molar-refractivity contribution is 7.91. The topological polar surface area (TPSA) is 146 Å². The number of rotatable bonds is 9. The van der Waals surface area contributed by atoms with E-state index >= 15 is 0 Å². The van der Waals surface area contributed by atoms with E-state index in [-0.39, 0.29) is 24.0 Å². The van der Waals surface area contributed by atoms with Gasteiger partial charge in [0, 0.05) is 37.0 Å². The van der Waals surface area contributed by atoms with Gasteiger partial charge in [0.15, 0.2) is 0 Å². The molecule has 214 valence electrons. The SMILES string of the molecule is C[C@H](C[C@@H](C)S(C)(=O)=O)Oc1ncc([C@@H](N)C2CC2)c2cc(Nc3ccc4c(n3)[C@@H](C)C(C)(C)OC4=O)ncc12. The highest BCUT2D eigenvalue weighted by Gasteiger charge is 2.40. The monoisotopic (exact) mass is 567 g/mol. The maximum absolute atomic E-state index is 12.5. The molecule has 1 fully saturated rings. The van der Waals surface area contributed by atoms with Gasteiger partial charge in [0.2, 0.25) is 5.88 Å². The molecule has 40 heavy (non-hydrogen) atoms. The summed E-state index contributed by atoms with van der Waals surface area (Å²) in [6.07, 6.45) is 6.79. The van der Waals surface area contributed by atoms with Crippen molar-refractivity contribution in [1.82, 2.24) is 15.0 Å². The third-order valence-corrected chi connectivity index (χ3v) is 9.83. The molecule has 4 atom stereocenters. The maximum Gasteiger partial charge on any atom is 0.340 e. The van der Waals surface area contributed by atoms with Crippen molar-refractivity contribution in [1.29, 1.82) is 0 Å². The molecular weight excluding hydrogens is 530 g/mol. The molecule has 3 N–H and O–H groups in total. The van der Waals surface area contributed by atoms with Gasteiger partial charge in [0.25, 0.3) is 0 Å². The number of nitrogens with two attached hydrogens (primary N) is 1. The largest absolute Gasteiger partial charge is 0.474 e. The number of anilines is 2.